The monoisotopic (exact) mass is 354 g/mol. The van der Waals surface area contributed by atoms with Gasteiger partial charge >= 0.3 is 0 Å². The molecule has 1 saturated heterocycles. The van der Waals surface area contributed by atoms with Crippen LogP contribution in [-0.4, -0.2) is 50.1 Å². The molecule has 1 atom stereocenters. The van der Waals surface area contributed by atoms with Crippen LogP contribution in [0.3, 0.4) is 0 Å². The van der Waals surface area contributed by atoms with E-state index in [9.17, 15) is 0 Å². The molecule has 21 heavy (non-hydrogen) atoms. The minimum absolute atomic E-state index is 0.608. The highest BCUT2D eigenvalue weighted by Gasteiger charge is 2.25. The molecule has 0 aliphatic carbocycles. The summed E-state index contributed by atoms with van der Waals surface area (Å²) >= 11 is 3.65. The van der Waals surface area contributed by atoms with E-state index in [1.54, 1.807) is 7.11 Å². The number of hydrogen-bond donors (Lipinski definition) is 0. The number of piperidine rings is 1. The van der Waals surface area contributed by atoms with Crippen molar-refractivity contribution in [3.63, 3.8) is 0 Å². The molecule has 0 bridgehead atoms. The van der Waals surface area contributed by atoms with Crippen molar-refractivity contribution in [2.45, 2.75) is 32.4 Å². The van der Waals surface area contributed by atoms with Gasteiger partial charge in [-0.1, -0.05) is 15.9 Å². The maximum Gasteiger partial charge on any atom is 0.119 e. The highest BCUT2D eigenvalue weighted by Crippen LogP contribution is 2.27. The van der Waals surface area contributed by atoms with E-state index in [-0.39, 0.29) is 0 Å². The van der Waals surface area contributed by atoms with Crippen molar-refractivity contribution in [2.75, 3.05) is 34.3 Å². The summed E-state index contributed by atoms with van der Waals surface area (Å²) in [6, 6.07) is 6.80. The van der Waals surface area contributed by atoms with Crippen LogP contribution in [0.15, 0.2) is 22.7 Å². The van der Waals surface area contributed by atoms with Crippen molar-refractivity contribution in [3.05, 3.63) is 28.2 Å². The summed E-state index contributed by atoms with van der Waals surface area (Å²) in [5, 5.41) is 0. The molecule has 0 radical (unpaired) electrons. The fourth-order valence-electron chi connectivity index (χ4n) is 3.08. The topological polar surface area (TPSA) is 15.7 Å². The molecule has 0 N–H and O–H groups in total. The van der Waals surface area contributed by atoms with Gasteiger partial charge in [0.2, 0.25) is 0 Å². The number of halogens is 1. The van der Waals surface area contributed by atoms with Crippen LogP contribution in [0.25, 0.3) is 0 Å². The van der Waals surface area contributed by atoms with E-state index in [0.717, 1.165) is 22.7 Å². The minimum Gasteiger partial charge on any atom is -0.497 e. The second kappa shape index (κ2) is 7.61. The van der Waals surface area contributed by atoms with Gasteiger partial charge in [-0.25, -0.2) is 0 Å². The fourth-order valence-corrected chi connectivity index (χ4v) is 3.45. The first kappa shape index (κ1) is 16.8. The fraction of sp³-hybridized carbons (Fsp3) is 0.647. The van der Waals surface area contributed by atoms with E-state index in [4.69, 9.17) is 4.74 Å². The Labute approximate surface area is 137 Å². The van der Waals surface area contributed by atoms with E-state index in [0.29, 0.717) is 6.04 Å². The summed E-state index contributed by atoms with van der Waals surface area (Å²) in [6.07, 6.45) is 2.61. The number of methoxy groups -OCH3 is 1. The summed E-state index contributed by atoms with van der Waals surface area (Å²) in [5.41, 5.74) is 1.29. The van der Waals surface area contributed by atoms with E-state index < -0.39 is 0 Å². The normalized spacial score (nSPS) is 19.0. The number of hydrogen-bond acceptors (Lipinski definition) is 3. The largest absolute Gasteiger partial charge is 0.497 e. The van der Waals surface area contributed by atoms with Gasteiger partial charge in [-0.15, -0.1) is 0 Å². The summed E-state index contributed by atoms with van der Waals surface area (Å²) in [4.78, 5) is 4.90. The predicted octanol–water partition coefficient (Wildman–Crippen LogP) is 3.62. The zero-order valence-electron chi connectivity index (χ0n) is 13.6. The molecular formula is C17H27BrN2O. The average Bonchev–Trinajstić information content (AvgIpc) is 2.49. The van der Waals surface area contributed by atoms with Crippen LogP contribution in [0.2, 0.25) is 0 Å². The Bertz CT molecular complexity index is 458. The van der Waals surface area contributed by atoms with Crippen LogP contribution >= 0.6 is 15.9 Å². The minimum atomic E-state index is 0.608. The van der Waals surface area contributed by atoms with Gasteiger partial charge in [0, 0.05) is 17.1 Å². The molecule has 1 fully saturated rings. The smallest absolute Gasteiger partial charge is 0.119 e. The molecule has 0 saturated carbocycles. The van der Waals surface area contributed by atoms with Crippen LogP contribution in [0.1, 0.15) is 25.3 Å². The van der Waals surface area contributed by atoms with E-state index in [1.807, 2.05) is 6.07 Å². The van der Waals surface area contributed by atoms with Gasteiger partial charge in [0.05, 0.1) is 7.11 Å². The maximum absolute atomic E-state index is 5.34. The molecule has 0 spiro atoms. The Morgan fingerprint density at radius 2 is 2.05 bits per heavy atom. The molecule has 1 aromatic rings. The Kier molecular flexibility index (Phi) is 6.08. The Morgan fingerprint density at radius 1 is 1.38 bits per heavy atom. The molecule has 0 amide bonds. The SMILES string of the molecule is COc1ccc(Br)c(CN(C)[C@H](C)C2CCN(C)CC2)c1. The van der Waals surface area contributed by atoms with Crippen molar-refractivity contribution in [3.8, 4) is 5.75 Å². The van der Waals surface area contributed by atoms with Gasteiger partial charge in [0.15, 0.2) is 0 Å². The van der Waals surface area contributed by atoms with Crippen molar-refractivity contribution in [1.82, 2.24) is 9.80 Å². The lowest BCUT2D eigenvalue weighted by atomic mass is 9.89. The van der Waals surface area contributed by atoms with Crippen LogP contribution in [-0.2, 0) is 6.54 Å². The summed E-state index contributed by atoms with van der Waals surface area (Å²) in [6.45, 7) is 5.77. The van der Waals surface area contributed by atoms with Crippen molar-refractivity contribution in [2.24, 2.45) is 5.92 Å². The quantitative estimate of drug-likeness (QED) is 0.802. The van der Waals surface area contributed by atoms with Crippen LogP contribution in [0.4, 0.5) is 0 Å². The van der Waals surface area contributed by atoms with Crippen molar-refractivity contribution in [1.29, 1.82) is 0 Å². The molecule has 0 unspecified atom stereocenters. The van der Waals surface area contributed by atoms with Crippen LogP contribution in [0.5, 0.6) is 5.75 Å². The molecule has 2 rings (SSSR count). The molecule has 3 nitrogen and oxygen atoms in total. The van der Waals surface area contributed by atoms with Gasteiger partial charge in [-0.3, -0.25) is 4.90 Å². The Hall–Kier alpha value is -0.580. The first-order valence-corrected chi connectivity index (χ1v) is 8.51. The summed E-state index contributed by atoms with van der Waals surface area (Å²) in [7, 11) is 6.17. The number of nitrogens with zero attached hydrogens (tertiary/aromatic N) is 2. The van der Waals surface area contributed by atoms with E-state index in [1.165, 1.54) is 31.5 Å². The predicted molar refractivity (Wildman–Crippen MR) is 91.8 cm³/mol. The third kappa shape index (κ3) is 4.44. The van der Waals surface area contributed by atoms with E-state index in [2.05, 4.69) is 58.9 Å². The van der Waals surface area contributed by atoms with Crippen molar-refractivity contribution >= 4 is 15.9 Å². The van der Waals surface area contributed by atoms with Gasteiger partial charge in [-0.05, 0) is 76.6 Å². The molecule has 1 aliphatic rings. The first-order chi connectivity index (χ1) is 10.0. The van der Waals surface area contributed by atoms with E-state index >= 15 is 0 Å². The third-order valence-electron chi connectivity index (χ3n) is 4.81. The summed E-state index contributed by atoms with van der Waals surface area (Å²) < 4.78 is 6.49. The lowest BCUT2D eigenvalue weighted by Crippen LogP contribution is -2.41. The summed E-state index contributed by atoms with van der Waals surface area (Å²) in [5.74, 6) is 1.73. The molecule has 1 aliphatic heterocycles. The zero-order chi connectivity index (χ0) is 15.4. The molecule has 4 heteroatoms. The number of benzene rings is 1. The van der Waals surface area contributed by atoms with Crippen molar-refractivity contribution < 1.29 is 4.74 Å². The average molecular weight is 355 g/mol. The maximum atomic E-state index is 5.34. The second-order valence-electron chi connectivity index (χ2n) is 6.25. The Balaban J connectivity index is 1.98. The standard InChI is InChI=1S/C17H27BrN2O/c1-13(14-7-9-19(2)10-8-14)20(3)12-15-11-16(21-4)5-6-17(15)18/h5-6,11,13-14H,7-10,12H2,1-4H3/t13-/m1/s1. The Morgan fingerprint density at radius 3 is 2.67 bits per heavy atom. The molecule has 0 aromatic heterocycles. The zero-order valence-corrected chi connectivity index (χ0v) is 15.2. The number of rotatable bonds is 5. The van der Waals surface area contributed by atoms with Gasteiger partial charge < -0.3 is 9.64 Å². The number of likely N-dealkylation sites (tertiary alicyclic amines) is 1. The molecular weight excluding hydrogens is 328 g/mol. The lowest BCUT2D eigenvalue weighted by Gasteiger charge is -2.37. The third-order valence-corrected chi connectivity index (χ3v) is 5.59. The van der Waals surface area contributed by atoms with Gasteiger partial charge in [0.25, 0.3) is 0 Å². The van der Waals surface area contributed by atoms with Crippen LogP contribution in [0, 0.1) is 5.92 Å². The molecule has 1 aromatic carbocycles. The molecule has 118 valence electrons. The van der Waals surface area contributed by atoms with Gasteiger partial charge in [0.1, 0.15) is 5.75 Å². The van der Waals surface area contributed by atoms with Crippen LogP contribution < -0.4 is 4.74 Å². The molecule has 1 heterocycles. The highest BCUT2D eigenvalue weighted by atomic mass is 79.9. The van der Waals surface area contributed by atoms with Gasteiger partial charge in [-0.2, -0.15) is 0 Å². The highest BCUT2D eigenvalue weighted by molar-refractivity contribution is 9.10. The second-order valence-corrected chi connectivity index (χ2v) is 7.11. The number of ether oxygens (including phenoxy) is 1. The lowest BCUT2D eigenvalue weighted by molar-refractivity contribution is 0.120. The first-order valence-electron chi connectivity index (χ1n) is 7.72.